The Morgan fingerprint density at radius 3 is 2.57 bits per heavy atom. The van der Waals surface area contributed by atoms with Crippen LogP contribution in [0.5, 0.6) is 0 Å². The molecule has 0 aliphatic heterocycles. The minimum atomic E-state index is -0.456. The molecule has 2 nitrogen and oxygen atoms in total. The third-order valence-corrected chi connectivity index (χ3v) is 2.80. The lowest BCUT2D eigenvalue weighted by molar-refractivity contribution is -0.113. The number of alkyl halides is 2. The Kier molecular flexibility index (Phi) is 8.20. The Morgan fingerprint density at radius 2 is 2.14 bits per heavy atom. The predicted molar refractivity (Wildman–Crippen MR) is 66.1 cm³/mol. The first-order valence-corrected chi connectivity index (χ1v) is 6.56. The monoisotopic (exact) mass is 346 g/mol. The van der Waals surface area contributed by atoms with Gasteiger partial charge in [-0.1, -0.05) is 62.9 Å². The van der Waals surface area contributed by atoms with E-state index in [1.165, 1.54) is 0 Å². The van der Waals surface area contributed by atoms with Crippen LogP contribution in [0.2, 0.25) is 0 Å². The van der Waals surface area contributed by atoms with Gasteiger partial charge in [-0.25, -0.2) is 0 Å². The molecule has 0 amide bonds. The highest BCUT2D eigenvalue weighted by Gasteiger charge is 2.14. The molecule has 0 fully saturated rings. The summed E-state index contributed by atoms with van der Waals surface area (Å²) in [6.45, 7) is 1.99. The number of hydrogen-bond donors (Lipinski definition) is 1. The van der Waals surface area contributed by atoms with Crippen molar-refractivity contribution < 1.29 is 9.90 Å². The van der Waals surface area contributed by atoms with Crippen LogP contribution in [0.1, 0.15) is 26.2 Å². The number of carbonyl (C=O) groups is 1. The van der Waals surface area contributed by atoms with Crippen molar-refractivity contribution in [3.05, 3.63) is 11.1 Å². The van der Waals surface area contributed by atoms with Crippen molar-refractivity contribution in [3.8, 4) is 0 Å². The molecule has 1 N–H and O–H groups in total. The van der Waals surface area contributed by atoms with Crippen molar-refractivity contribution in [2.75, 3.05) is 0 Å². The molecule has 0 spiro atoms. The number of hydrogen-bond acceptors (Lipinski definition) is 2. The first kappa shape index (κ1) is 14.6. The number of aliphatic hydroxyl groups is 1. The summed E-state index contributed by atoms with van der Waals surface area (Å²) in [6, 6.07) is 0. The minimum Gasteiger partial charge on any atom is -0.393 e. The van der Waals surface area contributed by atoms with Crippen molar-refractivity contribution in [2.45, 2.75) is 36.0 Å². The summed E-state index contributed by atoms with van der Waals surface area (Å²) in [4.78, 5) is 11.2. The summed E-state index contributed by atoms with van der Waals surface area (Å²) in [5, 5.41) is 9.53. The van der Waals surface area contributed by atoms with Crippen molar-refractivity contribution in [1.29, 1.82) is 0 Å². The summed E-state index contributed by atoms with van der Waals surface area (Å²) in [5.74, 6) is -0.227. The van der Waals surface area contributed by atoms with Crippen LogP contribution in [-0.2, 0) is 4.79 Å². The molecule has 0 aromatic rings. The first-order valence-electron chi connectivity index (χ1n) is 4.35. The van der Waals surface area contributed by atoms with E-state index in [-0.39, 0.29) is 10.8 Å². The van der Waals surface area contributed by atoms with E-state index in [4.69, 9.17) is 11.6 Å². The Labute approximate surface area is 106 Å². The van der Waals surface area contributed by atoms with Gasteiger partial charge in [0.15, 0.2) is 5.78 Å². The average molecular weight is 348 g/mol. The highest BCUT2D eigenvalue weighted by Crippen LogP contribution is 2.18. The molecule has 0 heterocycles. The van der Waals surface area contributed by atoms with Crippen LogP contribution in [-0.4, -0.2) is 20.7 Å². The number of Topliss-reactive ketones (excluding diaryl/α,β-unsaturated/α-hetero) is 1. The Hall–Kier alpha value is 0.620. The third-order valence-electron chi connectivity index (χ3n) is 1.62. The minimum absolute atomic E-state index is 0.152. The van der Waals surface area contributed by atoms with Gasteiger partial charge in [0.2, 0.25) is 0 Å². The molecule has 1 unspecified atom stereocenters. The molecular weight excluding hydrogens is 335 g/mol. The number of allylic oxidation sites excluding steroid dienone is 1. The number of carbonyl (C=O) groups excluding carboxylic acids is 1. The highest BCUT2D eigenvalue weighted by molar-refractivity contribution is 9.25. The number of rotatable bonds is 6. The zero-order chi connectivity index (χ0) is 11.1. The van der Waals surface area contributed by atoms with E-state index < -0.39 is 9.84 Å². The van der Waals surface area contributed by atoms with Crippen LogP contribution in [0.3, 0.4) is 0 Å². The SMILES string of the molecule is CCCC(O)CC=C(Cl)C(=O)C(Br)Br. The van der Waals surface area contributed by atoms with Gasteiger partial charge in [-0.15, -0.1) is 0 Å². The largest absolute Gasteiger partial charge is 0.393 e. The van der Waals surface area contributed by atoms with Gasteiger partial charge in [-0.3, -0.25) is 4.79 Å². The Balaban J connectivity index is 4.05. The fraction of sp³-hybridized carbons (Fsp3) is 0.667. The van der Waals surface area contributed by atoms with Crippen molar-refractivity contribution in [3.63, 3.8) is 0 Å². The van der Waals surface area contributed by atoms with E-state index in [1.807, 2.05) is 6.92 Å². The van der Waals surface area contributed by atoms with Crippen LogP contribution >= 0.6 is 43.5 Å². The zero-order valence-electron chi connectivity index (χ0n) is 7.84. The van der Waals surface area contributed by atoms with Gasteiger partial charge in [0.05, 0.1) is 11.1 Å². The van der Waals surface area contributed by atoms with Gasteiger partial charge in [0, 0.05) is 0 Å². The van der Waals surface area contributed by atoms with Crippen LogP contribution in [0, 0.1) is 0 Å². The van der Waals surface area contributed by atoms with E-state index in [1.54, 1.807) is 6.08 Å². The number of ketones is 1. The molecule has 0 rings (SSSR count). The molecule has 5 heteroatoms. The maximum absolute atomic E-state index is 11.2. The van der Waals surface area contributed by atoms with Crippen LogP contribution in [0.4, 0.5) is 0 Å². The molecule has 0 aromatic heterocycles. The van der Waals surface area contributed by atoms with E-state index in [0.717, 1.165) is 12.8 Å². The molecule has 0 aliphatic carbocycles. The number of halogens is 3. The summed E-state index contributed by atoms with van der Waals surface area (Å²) in [7, 11) is 0. The van der Waals surface area contributed by atoms with E-state index >= 15 is 0 Å². The highest BCUT2D eigenvalue weighted by atomic mass is 79.9. The smallest absolute Gasteiger partial charge is 0.198 e. The molecule has 82 valence electrons. The Bertz CT molecular complexity index is 217. The standard InChI is InChI=1S/C9H13Br2ClO2/c1-2-3-6(13)4-5-7(12)8(14)9(10)11/h5-6,9,13H,2-4H2,1H3. The molecule has 0 aliphatic rings. The van der Waals surface area contributed by atoms with Gasteiger partial charge in [-0.2, -0.15) is 0 Å². The molecule has 0 saturated carbocycles. The average Bonchev–Trinajstić information content (AvgIpc) is 2.13. The lowest BCUT2D eigenvalue weighted by atomic mass is 10.1. The van der Waals surface area contributed by atoms with Gasteiger partial charge < -0.3 is 5.11 Å². The maximum atomic E-state index is 11.2. The predicted octanol–water partition coefficient (Wildman–Crippen LogP) is 3.35. The third kappa shape index (κ3) is 6.17. The van der Waals surface area contributed by atoms with E-state index in [9.17, 15) is 9.90 Å². The lowest BCUT2D eigenvalue weighted by Crippen LogP contribution is -2.08. The summed E-state index contributed by atoms with van der Waals surface area (Å²) in [6.07, 6.45) is 3.21. The molecule has 0 saturated heterocycles. The second-order valence-electron chi connectivity index (χ2n) is 2.90. The zero-order valence-corrected chi connectivity index (χ0v) is 11.8. The van der Waals surface area contributed by atoms with Gasteiger partial charge in [0.25, 0.3) is 0 Å². The van der Waals surface area contributed by atoms with Crippen LogP contribution < -0.4 is 0 Å². The van der Waals surface area contributed by atoms with Crippen molar-refractivity contribution in [2.24, 2.45) is 0 Å². The molecular formula is C9H13Br2ClO2. The van der Waals surface area contributed by atoms with Crippen LogP contribution in [0.25, 0.3) is 0 Å². The normalized spacial score (nSPS) is 14.6. The van der Waals surface area contributed by atoms with Crippen molar-refractivity contribution >= 4 is 49.2 Å². The van der Waals surface area contributed by atoms with Crippen molar-refractivity contribution in [1.82, 2.24) is 0 Å². The molecule has 0 aromatic carbocycles. The quantitative estimate of drug-likeness (QED) is 0.590. The molecule has 0 bridgehead atoms. The Morgan fingerprint density at radius 1 is 1.57 bits per heavy atom. The fourth-order valence-electron chi connectivity index (χ4n) is 0.895. The lowest BCUT2D eigenvalue weighted by Gasteiger charge is -2.05. The first-order chi connectivity index (χ1) is 6.49. The molecule has 1 atom stereocenters. The van der Waals surface area contributed by atoms with Gasteiger partial charge in [-0.05, 0) is 12.8 Å². The summed E-state index contributed by atoms with van der Waals surface area (Å²) >= 11 is 11.8. The topological polar surface area (TPSA) is 37.3 Å². The maximum Gasteiger partial charge on any atom is 0.198 e. The van der Waals surface area contributed by atoms with E-state index in [0.29, 0.717) is 6.42 Å². The molecule has 0 radical (unpaired) electrons. The van der Waals surface area contributed by atoms with Gasteiger partial charge in [0.1, 0.15) is 3.74 Å². The fourth-order valence-corrected chi connectivity index (χ4v) is 1.85. The second kappa shape index (κ2) is 7.85. The van der Waals surface area contributed by atoms with Crippen LogP contribution in [0.15, 0.2) is 11.1 Å². The number of aliphatic hydroxyl groups excluding tert-OH is 1. The summed E-state index contributed by atoms with van der Waals surface area (Å²) in [5.41, 5.74) is 0. The molecule has 14 heavy (non-hydrogen) atoms. The van der Waals surface area contributed by atoms with E-state index in [2.05, 4.69) is 31.9 Å². The summed E-state index contributed by atoms with van der Waals surface area (Å²) < 4.78 is -0.456. The van der Waals surface area contributed by atoms with Gasteiger partial charge >= 0.3 is 0 Å². The second-order valence-corrected chi connectivity index (χ2v) is 6.36.